The van der Waals surface area contributed by atoms with Gasteiger partial charge in [0.1, 0.15) is 0 Å². The molecule has 2 rings (SSSR count). The minimum absolute atomic E-state index is 0.919. The third kappa shape index (κ3) is 2.27. The molecule has 2 nitrogen and oxygen atoms in total. The summed E-state index contributed by atoms with van der Waals surface area (Å²) in [7, 11) is 1.98. The smallest absolute Gasteiger partial charge is 0.0671 e. The zero-order valence-corrected chi connectivity index (χ0v) is 9.49. The first-order valence-corrected chi connectivity index (χ1v) is 5.20. The van der Waals surface area contributed by atoms with Crippen molar-refractivity contribution in [3.8, 4) is 0 Å². The van der Waals surface area contributed by atoms with Gasteiger partial charge in [-0.2, -0.15) is 5.10 Å². The first-order chi connectivity index (χ1) is 7.15. The van der Waals surface area contributed by atoms with Crippen molar-refractivity contribution in [1.82, 2.24) is 9.78 Å². The third-order valence-corrected chi connectivity index (χ3v) is 2.67. The average Bonchev–Trinajstić information content (AvgIpc) is 2.50. The molecule has 0 bridgehead atoms. The quantitative estimate of drug-likeness (QED) is 0.728. The van der Waals surface area contributed by atoms with Crippen molar-refractivity contribution in [3.63, 3.8) is 0 Å². The second-order valence-electron chi connectivity index (χ2n) is 4.06. The van der Waals surface area contributed by atoms with Crippen LogP contribution in [0.1, 0.15) is 22.5 Å². The Bertz CT molecular complexity index is 432. The lowest BCUT2D eigenvalue weighted by Crippen LogP contribution is -1.94. The topological polar surface area (TPSA) is 17.8 Å². The van der Waals surface area contributed by atoms with Crippen molar-refractivity contribution in [2.45, 2.75) is 20.3 Å². The van der Waals surface area contributed by atoms with Gasteiger partial charge in [-0.15, -0.1) is 0 Å². The van der Waals surface area contributed by atoms with Gasteiger partial charge in [-0.25, -0.2) is 0 Å². The molecule has 78 valence electrons. The maximum Gasteiger partial charge on any atom is 0.0671 e. The Morgan fingerprint density at radius 2 is 1.80 bits per heavy atom. The molecule has 0 spiro atoms. The second-order valence-corrected chi connectivity index (χ2v) is 4.06. The van der Waals surface area contributed by atoms with Crippen molar-refractivity contribution < 1.29 is 0 Å². The van der Waals surface area contributed by atoms with Gasteiger partial charge >= 0.3 is 0 Å². The molecule has 2 aromatic rings. The van der Waals surface area contributed by atoms with Crippen LogP contribution in [0.25, 0.3) is 0 Å². The van der Waals surface area contributed by atoms with Crippen LogP contribution in [-0.2, 0) is 13.5 Å². The average molecular weight is 200 g/mol. The van der Waals surface area contributed by atoms with Gasteiger partial charge in [0.25, 0.3) is 0 Å². The summed E-state index contributed by atoms with van der Waals surface area (Å²) in [6, 6.07) is 10.8. The number of benzene rings is 1. The molecule has 0 amide bonds. The highest BCUT2D eigenvalue weighted by atomic mass is 15.3. The van der Waals surface area contributed by atoms with Crippen LogP contribution in [0.4, 0.5) is 0 Å². The van der Waals surface area contributed by atoms with E-state index in [2.05, 4.69) is 49.3 Å². The van der Waals surface area contributed by atoms with Crippen LogP contribution in [0.15, 0.2) is 30.3 Å². The molecule has 1 aromatic heterocycles. The van der Waals surface area contributed by atoms with Gasteiger partial charge in [0, 0.05) is 19.2 Å². The Labute approximate surface area is 90.6 Å². The highest BCUT2D eigenvalue weighted by molar-refractivity contribution is 5.25. The molecule has 2 heteroatoms. The van der Waals surface area contributed by atoms with E-state index in [1.807, 2.05) is 11.7 Å². The normalized spacial score (nSPS) is 10.6. The fourth-order valence-electron chi connectivity index (χ4n) is 1.64. The van der Waals surface area contributed by atoms with E-state index < -0.39 is 0 Å². The van der Waals surface area contributed by atoms with E-state index in [4.69, 9.17) is 0 Å². The maximum atomic E-state index is 4.44. The zero-order chi connectivity index (χ0) is 10.8. The Kier molecular flexibility index (Phi) is 2.58. The van der Waals surface area contributed by atoms with Gasteiger partial charge in [-0.3, -0.25) is 4.68 Å². The van der Waals surface area contributed by atoms with E-state index in [0.29, 0.717) is 0 Å². The van der Waals surface area contributed by atoms with Gasteiger partial charge in [0.05, 0.1) is 5.69 Å². The third-order valence-electron chi connectivity index (χ3n) is 2.67. The molecule has 0 aliphatic heterocycles. The van der Waals surface area contributed by atoms with Crippen molar-refractivity contribution >= 4 is 0 Å². The Hall–Kier alpha value is -1.57. The molecule has 1 aromatic carbocycles. The van der Waals surface area contributed by atoms with Crippen LogP contribution >= 0.6 is 0 Å². The molecule has 0 unspecified atom stereocenters. The minimum atomic E-state index is 0.919. The van der Waals surface area contributed by atoms with Gasteiger partial charge in [0.2, 0.25) is 0 Å². The fraction of sp³-hybridized carbons (Fsp3) is 0.308. The summed E-state index contributed by atoms with van der Waals surface area (Å²) in [6.45, 7) is 4.18. The highest BCUT2D eigenvalue weighted by Crippen LogP contribution is 2.10. The van der Waals surface area contributed by atoms with Crippen LogP contribution in [0.5, 0.6) is 0 Å². The monoisotopic (exact) mass is 200 g/mol. The summed E-state index contributed by atoms with van der Waals surface area (Å²) in [5.41, 5.74) is 4.96. The van der Waals surface area contributed by atoms with E-state index in [1.54, 1.807) is 0 Å². The molecule has 15 heavy (non-hydrogen) atoms. The predicted octanol–water partition coefficient (Wildman–Crippen LogP) is 2.63. The number of nitrogens with zero attached hydrogens (tertiary/aromatic N) is 2. The number of rotatable bonds is 2. The van der Waals surface area contributed by atoms with Crippen LogP contribution in [0.3, 0.4) is 0 Å². The van der Waals surface area contributed by atoms with Crippen molar-refractivity contribution in [3.05, 3.63) is 52.8 Å². The Balaban J connectivity index is 2.18. The van der Waals surface area contributed by atoms with Crippen molar-refractivity contribution in [2.24, 2.45) is 7.05 Å². The number of hydrogen-bond donors (Lipinski definition) is 0. The van der Waals surface area contributed by atoms with E-state index >= 15 is 0 Å². The first-order valence-electron chi connectivity index (χ1n) is 5.20. The number of aromatic nitrogens is 2. The molecule has 0 atom stereocenters. The summed E-state index contributed by atoms with van der Waals surface area (Å²) in [6.07, 6.45) is 0.919. The van der Waals surface area contributed by atoms with Gasteiger partial charge in [0.15, 0.2) is 0 Å². The molecule has 0 radical (unpaired) electrons. The molecule has 0 N–H and O–H groups in total. The molecule has 0 aliphatic carbocycles. The molecular formula is C13H16N2. The first kappa shape index (κ1) is 9.97. The lowest BCUT2D eigenvalue weighted by atomic mass is 10.1. The fourth-order valence-corrected chi connectivity index (χ4v) is 1.64. The van der Waals surface area contributed by atoms with Gasteiger partial charge in [-0.1, -0.05) is 29.8 Å². The largest absolute Gasteiger partial charge is 0.273 e. The second kappa shape index (κ2) is 3.89. The van der Waals surface area contributed by atoms with Crippen LogP contribution in [0, 0.1) is 13.8 Å². The summed E-state index contributed by atoms with van der Waals surface area (Å²) in [4.78, 5) is 0. The highest BCUT2D eigenvalue weighted by Gasteiger charge is 2.02. The molecule has 0 saturated heterocycles. The van der Waals surface area contributed by atoms with Gasteiger partial charge in [-0.05, 0) is 25.5 Å². The lowest BCUT2D eigenvalue weighted by Gasteiger charge is -1.98. The van der Waals surface area contributed by atoms with Crippen LogP contribution in [-0.4, -0.2) is 9.78 Å². The summed E-state index contributed by atoms with van der Waals surface area (Å²) in [5.74, 6) is 0. The van der Waals surface area contributed by atoms with E-state index in [0.717, 1.165) is 12.1 Å². The van der Waals surface area contributed by atoms with Crippen LogP contribution < -0.4 is 0 Å². The van der Waals surface area contributed by atoms with Gasteiger partial charge < -0.3 is 0 Å². The number of hydrogen-bond acceptors (Lipinski definition) is 1. The van der Waals surface area contributed by atoms with E-state index in [-0.39, 0.29) is 0 Å². The Morgan fingerprint density at radius 3 is 2.33 bits per heavy atom. The molecule has 1 heterocycles. The van der Waals surface area contributed by atoms with Crippen LogP contribution in [0.2, 0.25) is 0 Å². The van der Waals surface area contributed by atoms with E-state index in [9.17, 15) is 0 Å². The summed E-state index contributed by atoms with van der Waals surface area (Å²) < 4.78 is 1.92. The lowest BCUT2D eigenvalue weighted by molar-refractivity contribution is 0.725. The molecule has 0 fully saturated rings. The standard InChI is InChI=1S/C13H16N2/c1-10-4-6-12(7-5-10)9-13-8-11(2)15(3)14-13/h4-8H,9H2,1-3H3. The summed E-state index contributed by atoms with van der Waals surface area (Å²) >= 11 is 0. The Morgan fingerprint density at radius 1 is 1.13 bits per heavy atom. The van der Waals surface area contributed by atoms with Crippen molar-refractivity contribution in [1.29, 1.82) is 0 Å². The maximum absolute atomic E-state index is 4.44. The molecule has 0 aliphatic rings. The number of aryl methyl sites for hydroxylation is 3. The molecular weight excluding hydrogens is 184 g/mol. The molecule has 0 saturated carbocycles. The predicted molar refractivity (Wildman–Crippen MR) is 61.9 cm³/mol. The minimum Gasteiger partial charge on any atom is -0.273 e. The van der Waals surface area contributed by atoms with Crippen molar-refractivity contribution in [2.75, 3.05) is 0 Å². The van der Waals surface area contributed by atoms with E-state index in [1.165, 1.54) is 16.8 Å². The zero-order valence-electron chi connectivity index (χ0n) is 9.49. The SMILES string of the molecule is Cc1ccc(Cc2cc(C)n(C)n2)cc1. The summed E-state index contributed by atoms with van der Waals surface area (Å²) in [5, 5.41) is 4.44.